The van der Waals surface area contributed by atoms with Gasteiger partial charge >= 0.3 is 0 Å². The molecule has 5 nitrogen and oxygen atoms in total. The molecule has 0 unspecified atom stereocenters. The van der Waals surface area contributed by atoms with Gasteiger partial charge in [0.05, 0.1) is 0 Å². The van der Waals surface area contributed by atoms with Crippen LogP contribution >= 0.6 is 23.2 Å². The smallest absolute Gasteiger partial charge is 0.270 e. The molecule has 0 fully saturated rings. The molecule has 7 heteroatoms. The van der Waals surface area contributed by atoms with Gasteiger partial charge in [0.15, 0.2) is 0 Å². The molecule has 0 aliphatic carbocycles. The van der Waals surface area contributed by atoms with Gasteiger partial charge in [0.2, 0.25) is 5.95 Å². The predicted octanol–water partition coefficient (Wildman–Crippen LogP) is 3.58. The van der Waals surface area contributed by atoms with E-state index in [9.17, 15) is 4.79 Å². The Bertz CT molecular complexity index is 679. The fourth-order valence-corrected chi connectivity index (χ4v) is 2.44. The average Bonchev–Trinajstić information content (AvgIpc) is 2.55. The van der Waals surface area contributed by atoms with Crippen LogP contribution in [0.15, 0.2) is 30.5 Å². The molecule has 2 aromatic rings. The van der Waals surface area contributed by atoms with Gasteiger partial charge in [0, 0.05) is 29.3 Å². The van der Waals surface area contributed by atoms with E-state index in [1.807, 2.05) is 13.0 Å². The summed E-state index contributed by atoms with van der Waals surface area (Å²) in [5.41, 5.74) is 1.27. The highest BCUT2D eigenvalue weighted by molar-refractivity contribution is 6.35. The van der Waals surface area contributed by atoms with Crippen LogP contribution in [0.1, 0.15) is 29.4 Å². The zero-order chi connectivity index (χ0) is 16.7. The van der Waals surface area contributed by atoms with Gasteiger partial charge in [0.25, 0.3) is 5.91 Å². The number of carbonyl (C=O) groups is 1. The largest absolute Gasteiger partial charge is 0.354 e. The standard InChI is InChI=1S/C16H18Cl2N4O/c1-2-7-20-16-21-9-6-14(22-16)15(23)19-8-5-11-3-4-12(17)10-13(11)18/h3-4,6,9-10H,2,5,7-8H2,1H3,(H,19,23)(H,20,21,22). The van der Waals surface area contributed by atoms with E-state index in [-0.39, 0.29) is 5.91 Å². The monoisotopic (exact) mass is 352 g/mol. The third kappa shape index (κ3) is 5.37. The Balaban J connectivity index is 1.89. The molecule has 1 aromatic carbocycles. The van der Waals surface area contributed by atoms with Crippen molar-refractivity contribution in [3.63, 3.8) is 0 Å². The number of benzene rings is 1. The molecule has 2 N–H and O–H groups in total. The molecule has 1 heterocycles. The Morgan fingerprint density at radius 1 is 1.22 bits per heavy atom. The van der Waals surface area contributed by atoms with Crippen LogP contribution in [0.2, 0.25) is 10.0 Å². The Morgan fingerprint density at radius 3 is 2.78 bits per heavy atom. The highest BCUT2D eigenvalue weighted by atomic mass is 35.5. The number of rotatable bonds is 7. The zero-order valence-corrected chi connectivity index (χ0v) is 14.3. The normalized spacial score (nSPS) is 10.4. The van der Waals surface area contributed by atoms with Crippen molar-refractivity contribution >= 4 is 35.1 Å². The van der Waals surface area contributed by atoms with E-state index in [1.165, 1.54) is 0 Å². The van der Waals surface area contributed by atoms with Gasteiger partial charge in [0.1, 0.15) is 5.69 Å². The van der Waals surface area contributed by atoms with E-state index < -0.39 is 0 Å². The number of amides is 1. The van der Waals surface area contributed by atoms with Crippen LogP contribution in [0.25, 0.3) is 0 Å². The van der Waals surface area contributed by atoms with Crippen molar-refractivity contribution in [1.82, 2.24) is 15.3 Å². The fraction of sp³-hybridized carbons (Fsp3) is 0.312. The second kappa shape index (κ2) is 8.70. The molecule has 0 radical (unpaired) electrons. The molecule has 0 aliphatic rings. The van der Waals surface area contributed by atoms with E-state index in [4.69, 9.17) is 23.2 Å². The SMILES string of the molecule is CCCNc1nccc(C(=O)NCCc2ccc(Cl)cc2Cl)n1. The number of anilines is 1. The third-order valence-corrected chi connectivity index (χ3v) is 3.70. The van der Waals surface area contributed by atoms with Gasteiger partial charge in [-0.25, -0.2) is 9.97 Å². The number of nitrogens with zero attached hydrogens (tertiary/aromatic N) is 2. The van der Waals surface area contributed by atoms with Crippen LogP contribution in [0.3, 0.4) is 0 Å². The lowest BCUT2D eigenvalue weighted by Crippen LogP contribution is -2.27. The average molecular weight is 353 g/mol. The molecule has 2 rings (SSSR count). The van der Waals surface area contributed by atoms with E-state index in [1.54, 1.807) is 24.4 Å². The molecule has 0 spiro atoms. The topological polar surface area (TPSA) is 66.9 Å². The lowest BCUT2D eigenvalue weighted by Gasteiger charge is -2.08. The van der Waals surface area contributed by atoms with Crippen LogP contribution in [-0.2, 0) is 6.42 Å². The Hall–Kier alpha value is -1.85. The van der Waals surface area contributed by atoms with Crippen molar-refractivity contribution < 1.29 is 4.79 Å². The minimum Gasteiger partial charge on any atom is -0.354 e. The summed E-state index contributed by atoms with van der Waals surface area (Å²) in [6.07, 6.45) is 3.14. The quantitative estimate of drug-likeness (QED) is 0.799. The van der Waals surface area contributed by atoms with E-state index >= 15 is 0 Å². The first-order chi connectivity index (χ1) is 11.1. The number of carbonyl (C=O) groups excluding carboxylic acids is 1. The van der Waals surface area contributed by atoms with Gasteiger partial charge in [-0.05, 0) is 36.6 Å². The second-order valence-electron chi connectivity index (χ2n) is 4.93. The molecule has 0 aliphatic heterocycles. The minimum absolute atomic E-state index is 0.239. The third-order valence-electron chi connectivity index (χ3n) is 3.12. The van der Waals surface area contributed by atoms with Gasteiger partial charge in [-0.15, -0.1) is 0 Å². The molecule has 122 valence electrons. The van der Waals surface area contributed by atoms with Crippen molar-refractivity contribution in [2.45, 2.75) is 19.8 Å². The summed E-state index contributed by atoms with van der Waals surface area (Å²) in [6, 6.07) is 6.91. The van der Waals surface area contributed by atoms with Crippen molar-refractivity contribution in [3.8, 4) is 0 Å². The summed E-state index contributed by atoms with van der Waals surface area (Å²) < 4.78 is 0. The van der Waals surface area contributed by atoms with Crippen LogP contribution in [0, 0.1) is 0 Å². The van der Waals surface area contributed by atoms with Gasteiger partial charge in [-0.1, -0.05) is 36.2 Å². The maximum atomic E-state index is 12.1. The summed E-state index contributed by atoms with van der Waals surface area (Å²) in [7, 11) is 0. The maximum Gasteiger partial charge on any atom is 0.270 e. The summed E-state index contributed by atoms with van der Waals surface area (Å²) >= 11 is 12.0. The molecule has 0 saturated carbocycles. The first-order valence-corrected chi connectivity index (χ1v) is 8.14. The van der Waals surface area contributed by atoms with E-state index in [0.29, 0.717) is 34.7 Å². The first-order valence-electron chi connectivity index (χ1n) is 7.39. The Labute approximate surface area is 145 Å². The molecule has 23 heavy (non-hydrogen) atoms. The molecule has 1 amide bonds. The number of nitrogens with one attached hydrogen (secondary N) is 2. The fourth-order valence-electron chi connectivity index (χ4n) is 1.93. The maximum absolute atomic E-state index is 12.1. The number of halogens is 2. The lowest BCUT2D eigenvalue weighted by atomic mass is 10.1. The van der Waals surface area contributed by atoms with Crippen LogP contribution in [0.4, 0.5) is 5.95 Å². The summed E-state index contributed by atoms with van der Waals surface area (Å²) in [5.74, 6) is 0.220. The minimum atomic E-state index is -0.239. The first kappa shape index (κ1) is 17.5. The summed E-state index contributed by atoms with van der Waals surface area (Å²) in [5, 5.41) is 7.07. The number of hydrogen-bond donors (Lipinski definition) is 2. The molecular weight excluding hydrogens is 335 g/mol. The lowest BCUT2D eigenvalue weighted by molar-refractivity contribution is 0.0949. The molecule has 0 atom stereocenters. The van der Waals surface area contributed by atoms with Gasteiger partial charge in [-0.3, -0.25) is 4.79 Å². The van der Waals surface area contributed by atoms with Crippen LogP contribution in [0.5, 0.6) is 0 Å². The second-order valence-corrected chi connectivity index (χ2v) is 5.78. The van der Waals surface area contributed by atoms with Crippen molar-refractivity contribution in [2.75, 3.05) is 18.4 Å². The van der Waals surface area contributed by atoms with Crippen LogP contribution in [-0.4, -0.2) is 29.0 Å². The predicted molar refractivity (Wildman–Crippen MR) is 93.3 cm³/mol. The van der Waals surface area contributed by atoms with Crippen LogP contribution < -0.4 is 10.6 Å². The highest BCUT2D eigenvalue weighted by Gasteiger charge is 2.09. The van der Waals surface area contributed by atoms with Crippen molar-refractivity contribution in [1.29, 1.82) is 0 Å². The Morgan fingerprint density at radius 2 is 2.04 bits per heavy atom. The molecule has 0 bridgehead atoms. The van der Waals surface area contributed by atoms with E-state index in [0.717, 1.165) is 18.5 Å². The van der Waals surface area contributed by atoms with Gasteiger partial charge in [-0.2, -0.15) is 0 Å². The molecule has 0 saturated heterocycles. The Kier molecular flexibility index (Phi) is 6.62. The van der Waals surface area contributed by atoms with Crippen molar-refractivity contribution in [3.05, 3.63) is 51.8 Å². The van der Waals surface area contributed by atoms with E-state index in [2.05, 4.69) is 20.6 Å². The molecule has 1 aromatic heterocycles. The number of aromatic nitrogens is 2. The molecular formula is C16H18Cl2N4O. The van der Waals surface area contributed by atoms with Crippen molar-refractivity contribution in [2.24, 2.45) is 0 Å². The van der Waals surface area contributed by atoms with Gasteiger partial charge < -0.3 is 10.6 Å². The summed E-state index contributed by atoms with van der Waals surface area (Å²) in [6.45, 7) is 3.27. The number of hydrogen-bond acceptors (Lipinski definition) is 4. The zero-order valence-electron chi connectivity index (χ0n) is 12.8. The summed E-state index contributed by atoms with van der Waals surface area (Å²) in [4.78, 5) is 20.4. The highest BCUT2D eigenvalue weighted by Crippen LogP contribution is 2.21.